The zero-order valence-corrected chi connectivity index (χ0v) is 9.85. The molecule has 0 aromatic carbocycles. The number of carbonyl (C=O) groups is 1. The highest BCUT2D eigenvalue weighted by Gasteiger charge is 2.13. The summed E-state index contributed by atoms with van der Waals surface area (Å²) < 4.78 is 0. The molecule has 1 fully saturated rings. The SMILES string of the molecule is CCNCC(=O)NCCCC1CCCC1. The Hall–Kier alpha value is -0.570. The van der Waals surface area contributed by atoms with E-state index in [1.807, 2.05) is 6.92 Å². The molecule has 0 radical (unpaired) electrons. The van der Waals surface area contributed by atoms with Crippen LogP contribution in [0.1, 0.15) is 45.4 Å². The summed E-state index contributed by atoms with van der Waals surface area (Å²) in [5, 5.41) is 5.96. The van der Waals surface area contributed by atoms with Gasteiger partial charge in [0.15, 0.2) is 0 Å². The Kier molecular flexibility index (Phi) is 6.41. The lowest BCUT2D eigenvalue weighted by Crippen LogP contribution is -2.34. The number of rotatable bonds is 7. The number of hydrogen-bond acceptors (Lipinski definition) is 2. The molecule has 1 rings (SSSR count). The van der Waals surface area contributed by atoms with Gasteiger partial charge in [0.25, 0.3) is 0 Å². The number of carbonyl (C=O) groups excluding carboxylic acids is 1. The average molecular weight is 212 g/mol. The first kappa shape index (κ1) is 12.5. The number of hydrogen-bond donors (Lipinski definition) is 2. The Morgan fingerprint density at radius 2 is 2.07 bits per heavy atom. The summed E-state index contributed by atoms with van der Waals surface area (Å²) in [6, 6.07) is 0. The summed E-state index contributed by atoms with van der Waals surface area (Å²) in [5.41, 5.74) is 0. The fourth-order valence-corrected chi connectivity index (χ4v) is 2.22. The normalized spacial score (nSPS) is 16.9. The van der Waals surface area contributed by atoms with Gasteiger partial charge in [-0.1, -0.05) is 32.6 Å². The van der Waals surface area contributed by atoms with Crippen LogP contribution in [0.15, 0.2) is 0 Å². The van der Waals surface area contributed by atoms with Gasteiger partial charge in [-0.3, -0.25) is 4.79 Å². The molecule has 0 aromatic rings. The molecule has 2 N–H and O–H groups in total. The first-order chi connectivity index (χ1) is 7.33. The van der Waals surface area contributed by atoms with Crippen molar-refractivity contribution in [2.75, 3.05) is 19.6 Å². The van der Waals surface area contributed by atoms with Crippen LogP contribution in [0, 0.1) is 5.92 Å². The van der Waals surface area contributed by atoms with E-state index in [2.05, 4.69) is 10.6 Å². The second-order valence-corrected chi connectivity index (χ2v) is 4.42. The summed E-state index contributed by atoms with van der Waals surface area (Å²) in [6.07, 6.45) is 8.08. The van der Waals surface area contributed by atoms with Gasteiger partial charge in [-0.25, -0.2) is 0 Å². The maximum absolute atomic E-state index is 11.2. The molecule has 0 spiro atoms. The zero-order chi connectivity index (χ0) is 10.9. The molecule has 3 heteroatoms. The van der Waals surface area contributed by atoms with Gasteiger partial charge in [0.2, 0.25) is 5.91 Å². The van der Waals surface area contributed by atoms with Crippen molar-refractivity contribution in [1.82, 2.24) is 10.6 Å². The standard InChI is InChI=1S/C12H24N2O/c1-2-13-10-12(15)14-9-5-8-11-6-3-4-7-11/h11,13H,2-10H2,1H3,(H,14,15). The van der Waals surface area contributed by atoms with E-state index in [1.54, 1.807) is 0 Å². The quantitative estimate of drug-likeness (QED) is 0.630. The van der Waals surface area contributed by atoms with Gasteiger partial charge in [-0.05, 0) is 25.3 Å². The molecule has 0 unspecified atom stereocenters. The van der Waals surface area contributed by atoms with Crippen LogP contribution < -0.4 is 10.6 Å². The van der Waals surface area contributed by atoms with Crippen molar-refractivity contribution < 1.29 is 4.79 Å². The van der Waals surface area contributed by atoms with Gasteiger partial charge in [-0.15, -0.1) is 0 Å². The molecule has 88 valence electrons. The lowest BCUT2D eigenvalue weighted by molar-refractivity contribution is -0.120. The lowest BCUT2D eigenvalue weighted by atomic mass is 10.0. The Morgan fingerprint density at radius 1 is 1.33 bits per heavy atom. The maximum atomic E-state index is 11.2. The highest BCUT2D eigenvalue weighted by atomic mass is 16.1. The number of nitrogens with one attached hydrogen (secondary N) is 2. The van der Waals surface area contributed by atoms with Crippen molar-refractivity contribution >= 4 is 5.91 Å². The Morgan fingerprint density at radius 3 is 2.73 bits per heavy atom. The second kappa shape index (κ2) is 7.69. The van der Waals surface area contributed by atoms with Crippen molar-refractivity contribution in [3.8, 4) is 0 Å². The van der Waals surface area contributed by atoms with Gasteiger partial charge >= 0.3 is 0 Å². The van der Waals surface area contributed by atoms with Crippen LogP contribution in [0.5, 0.6) is 0 Å². The van der Waals surface area contributed by atoms with Crippen LogP contribution in [0.2, 0.25) is 0 Å². The molecule has 1 saturated carbocycles. The van der Waals surface area contributed by atoms with Crippen molar-refractivity contribution in [2.45, 2.75) is 45.4 Å². The van der Waals surface area contributed by atoms with E-state index in [1.165, 1.54) is 32.1 Å². The monoisotopic (exact) mass is 212 g/mol. The third-order valence-corrected chi connectivity index (χ3v) is 3.12. The first-order valence-corrected chi connectivity index (χ1v) is 6.30. The summed E-state index contributed by atoms with van der Waals surface area (Å²) >= 11 is 0. The molecule has 3 nitrogen and oxygen atoms in total. The molecule has 1 aliphatic rings. The molecule has 0 atom stereocenters. The number of likely N-dealkylation sites (N-methyl/N-ethyl adjacent to an activating group) is 1. The zero-order valence-electron chi connectivity index (χ0n) is 9.85. The maximum Gasteiger partial charge on any atom is 0.233 e. The van der Waals surface area contributed by atoms with Crippen molar-refractivity contribution in [1.29, 1.82) is 0 Å². The van der Waals surface area contributed by atoms with Crippen molar-refractivity contribution in [3.05, 3.63) is 0 Å². The van der Waals surface area contributed by atoms with E-state index in [0.29, 0.717) is 6.54 Å². The molecular formula is C12H24N2O. The van der Waals surface area contributed by atoms with Crippen LogP contribution >= 0.6 is 0 Å². The van der Waals surface area contributed by atoms with E-state index in [-0.39, 0.29) is 5.91 Å². The molecule has 0 aliphatic heterocycles. The predicted octanol–water partition coefficient (Wildman–Crippen LogP) is 1.68. The van der Waals surface area contributed by atoms with Crippen LogP contribution in [0.3, 0.4) is 0 Å². The molecular weight excluding hydrogens is 188 g/mol. The van der Waals surface area contributed by atoms with E-state index in [0.717, 1.165) is 25.4 Å². The third kappa shape index (κ3) is 5.78. The fourth-order valence-electron chi connectivity index (χ4n) is 2.22. The number of amides is 1. The average Bonchev–Trinajstić information content (AvgIpc) is 2.74. The minimum Gasteiger partial charge on any atom is -0.355 e. The molecule has 0 bridgehead atoms. The lowest BCUT2D eigenvalue weighted by Gasteiger charge is -2.09. The Bertz CT molecular complexity index is 176. The predicted molar refractivity (Wildman–Crippen MR) is 62.7 cm³/mol. The molecule has 0 heterocycles. The minimum absolute atomic E-state index is 0.128. The molecule has 1 aliphatic carbocycles. The Balaban J connectivity index is 1.89. The van der Waals surface area contributed by atoms with Crippen LogP contribution in [-0.2, 0) is 4.79 Å². The summed E-state index contributed by atoms with van der Waals surface area (Å²) in [4.78, 5) is 11.2. The molecule has 1 amide bonds. The van der Waals surface area contributed by atoms with Crippen molar-refractivity contribution in [2.24, 2.45) is 5.92 Å². The summed E-state index contributed by atoms with van der Waals surface area (Å²) in [6.45, 7) is 4.17. The topological polar surface area (TPSA) is 41.1 Å². The van der Waals surface area contributed by atoms with E-state index in [9.17, 15) is 4.79 Å². The molecule has 15 heavy (non-hydrogen) atoms. The molecule has 0 saturated heterocycles. The summed E-state index contributed by atoms with van der Waals surface area (Å²) in [7, 11) is 0. The largest absolute Gasteiger partial charge is 0.355 e. The van der Waals surface area contributed by atoms with Crippen LogP contribution in [0.25, 0.3) is 0 Å². The second-order valence-electron chi connectivity index (χ2n) is 4.42. The first-order valence-electron chi connectivity index (χ1n) is 6.30. The molecule has 0 aromatic heterocycles. The van der Waals surface area contributed by atoms with Gasteiger partial charge in [0.1, 0.15) is 0 Å². The van der Waals surface area contributed by atoms with Crippen LogP contribution in [-0.4, -0.2) is 25.5 Å². The minimum atomic E-state index is 0.128. The van der Waals surface area contributed by atoms with Gasteiger partial charge in [-0.2, -0.15) is 0 Å². The van der Waals surface area contributed by atoms with E-state index >= 15 is 0 Å². The highest BCUT2D eigenvalue weighted by molar-refractivity contribution is 5.77. The fraction of sp³-hybridized carbons (Fsp3) is 0.917. The third-order valence-electron chi connectivity index (χ3n) is 3.12. The summed E-state index contributed by atoms with van der Waals surface area (Å²) in [5.74, 6) is 1.07. The highest BCUT2D eigenvalue weighted by Crippen LogP contribution is 2.28. The van der Waals surface area contributed by atoms with Gasteiger partial charge in [0, 0.05) is 6.54 Å². The van der Waals surface area contributed by atoms with E-state index in [4.69, 9.17) is 0 Å². The van der Waals surface area contributed by atoms with E-state index < -0.39 is 0 Å². The van der Waals surface area contributed by atoms with Crippen molar-refractivity contribution in [3.63, 3.8) is 0 Å². The van der Waals surface area contributed by atoms with Gasteiger partial charge < -0.3 is 10.6 Å². The smallest absolute Gasteiger partial charge is 0.233 e. The van der Waals surface area contributed by atoms with Crippen LogP contribution in [0.4, 0.5) is 0 Å². The van der Waals surface area contributed by atoms with Gasteiger partial charge in [0.05, 0.1) is 6.54 Å². The Labute approximate surface area is 93.0 Å².